The molecule has 1 N–H and O–H groups in total. The number of aliphatic carboxylic acids is 1. The monoisotopic (exact) mass is 345 g/mol. The van der Waals surface area contributed by atoms with Crippen molar-refractivity contribution >= 4 is 39.4 Å². The molecular formula is C16H15N3O2S2. The summed E-state index contributed by atoms with van der Waals surface area (Å²) in [4.78, 5) is 22.1. The number of aliphatic imine (C=N–C) groups is 1. The summed E-state index contributed by atoms with van der Waals surface area (Å²) in [6.45, 7) is 0.889. The van der Waals surface area contributed by atoms with Crippen molar-refractivity contribution in [2.75, 3.05) is 5.75 Å². The number of aromatic nitrogens is 1. The van der Waals surface area contributed by atoms with E-state index in [-0.39, 0.29) is 6.42 Å². The zero-order chi connectivity index (χ0) is 15.8. The number of carboxylic acids is 1. The van der Waals surface area contributed by atoms with Crippen LogP contribution in [0.15, 0.2) is 34.6 Å². The van der Waals surface area contributed by atoms with Gasteiger partial charge in [-0.15, -0.1) is 11.3 Å². The Balaban J connectivity index is 1.56. The molecule has 7 heteroatoms. The van der Waals surface area contributed by atoms with Gasteiger partial charge in [0.05, 0.1) is 12.1 Å². The smallest absolute Gasteiger partial charge is 0.309 e. The first kappa shape index (κ1) is 14.7. The van der Waals surface area contributed by atoms with Gasteiger partial charge in [0.2, 0.25) is 5.13 Å². The molecule has 0 saturated carbocycles. The molecule has 3 heterocycles. The van der Waals surface area contributed by atoms with Gasteiger partial charge in [0.15, 0.2) is 5.17 Å². The van der Waals surface area contributed by atoms with Crippen LogP contribution in [0.1, 0.15) is 16.8 Å². The minimum absolute atomic E-state index is 0.0474. The van der Waals surface area contributed by atoms with Crippen LogP contribution in [0.2, 0.25) is 0 Å². The van der Waals surface area contributed by atoms with Crippen molar-refractivity contribution in [3.8, 4) is 0 Å². The van der Waals surface area contributed by atoms with E-state index in [0.29, 0.717) is 16.9 Å². The molecular weight excluding hydrogens is 330 g/mol. The van der Waals surface area contributed by atoms with E-state index in [9.17, 15) is 4.79 Å². The molecule has 0 aliphatic carbocycles. The molecule has 2 aromatic rings. The topological polar surface area (TPSA) is 65.8 Å². The number of amidine groups is 1. The van der Waals surface area contributed by atoms with Crippen LogP contribution in [0.3, 0.4) is 0 Å². The fourth-order valence-electron chi connectivity index (χ4n) is 2.98. The number of carbonyl (C=O) groups is 1. The quantitative estimate of drug-likeness (QED) is 0.926. The first-order chi connectivity index (χ1) is 11.2. The van der Waals surface area contributed by atoms with E-state index < -0.39 is 5.97 Å². The molecule has 2 aliphatic heterocycles. The van der Waals surface area contributed by atoms with E-state index in [4.69, 9.17) is 5.11 Å². The normalized spacial score (nSPS) is 21.3. The third-order valence-corrected chi connectivity index (χ3v) is 5.99. The van der Waals surface area contributed by atoms with Gasteiger partial charge in [0, 0.05) is 23.7 Å². The molecule has 1 saturated heterocycles. The average molecular weight is 345 g/mol. The lowest BCUT2D eigenvalue weighted by Crippen LogP contribution is -2.38. The SMILES string of the molecule is O=C(O)Cc1csc(/N=C2\SC[C@@H]3Cc4ccccc4CN23)n1. The van der Waals surface area contributed by atoms with E-state index in [0.717, 1.165) is 23.9 Å². The minimum atomic E-state index is -0.863. The highest BCUT2D eigenvalue weighted by Crippen LogP contribution is 2.35. The summed E-state index contributed by atoms with van der Waals surface area (Å²) in [6.07, 6.45) is 1.01. The molecule has 5 nitrogen and oxygen atoms in total. The Bertz CT molecular complexity index is 787. The Morgan fingerprint density at radius 1 is 1.39 bits per heavy atom. The summed E-state index contributed by atoms with van der Waals surface area (Å²) in [6, 6.07) is 9.07. The Labute approximate surface area is 142 Å². The second kappa shape index (κ2) is 5.98. The predicted molar refractivity (Wildman–Crippen MR) is 92.5 cm³/mol. The van der Waals surface area contributed by atoms with Crippen LogP contribution in [-0.2, 0) is 24.2 Å². The van der Waals surface area contributed by atoms with Gasteiger partial charge in [-0.2, -0.15) is 4.99 Å². The number of hydrogen-bond acceptors (Lipinski definition) is 5. The fraction of sp³-hybridized carbons (Fsp3) is 0.312. The Morgan fingerprint density at radius 3 is 3.04 bits per heavy atom. The van der Waals surface area contributed by atoms with Crippen LogP contribution in [0.4, 0.5) is 5.13 Å². The summed E-state index contributed by atoms with van der Waals surface area (Å²) in [5, 5.41) is 12.2. The van der Waals surface area contributed by atoms with Crippen LogP contribution in [0.5, 0.6) is 0 Å². The van der Waals surface area contributed by atoms with Gasteiger partial charge in [-0.1, -0.05) is 36.0 Å². The average Bonchev–Trinajstić information content (AvgIpc) is 3.12. The van der Waals surface area contributed by atoms with E-state index in [1.54, 1.807) is 17.1 Å². The van der Waals surface area contributed by atoms with E-state index in [1.807, 2.05) is 0 Å². The molecule has 1 atom stereocenters. The maximum Gasteiger partial charge on any atom is 0.309 e. The van der Waals surface area contributed by atoms with E-state index >= 15 is 0 Å². The van der Waals surface area contributed by atoms with E-state index in [1.165, 1.54) is 22.5 Å². The minimum Gasteiger partial charge on any atom is -0.481 e. The number of nitrogens with zero attached hydrogens (tertiary/aromatic N) is 3. The maximum atomic E-state index is 10.7. The molecule has 4 rings (SSSR count). The van der Waals surface area contributed by atoms with E-state index in [2.05, 4.69) is 39.1 Å². The van der Waals surface area contributed by atoms with Gasteiger partial charge in [0.1, 0.15) is 0 Å². The number of hydrogen-bond donors (Lipinski definition) is 1. The van der Waals surface area contributed by atoms with Gasteiger partial charge in [0.25, 0.3) is 0 Å². The summed E-state index contributed by atoms with van der Waals surface area (Å²) in [5.41, 5.74) is 3.38. The number of rotatable bonds is 3. The van der Waals surface area contributed by atoms with Gasteiger partial charge in [-0.05, 0) is 17.5 Å². The lowest BCUT2D eigenvalue weighted by molar-refractivity contribution is -0.136. The highest BCUT2D eigenvalue weighted by Gasteiger charge is 2.34. The molecule has 0 radical (unpaired) electrons. The zero-order valence-corrected chi connectivity index (χ0v) is 13.9. The first-order valence-corrected chi connectivity index (χ1v) is 9.26. The summed E-state index contributed by atoms with van der Waals surface area (Å²) in [5.74, 6) is 0.179. The molecule has 0 unspecified atom stereocenters. The zero-order valence-electron chi connectivity index (χ0n) is 12.3. The van der Waals surface area contributed by atoms with Crippen LogP contribution < -0.4 is 0 Å². The lowest BCUT2D eigenvalue weighted by atomic mass is 9.95. The van der Waals surface area contributed by atoms with Crippen molar-refractivity contribution in [1.29, 1.82) is 0 Å². The van der Waals surface area contributed by atoms with Crippen LogP contribution >= 0.6 is 23.1 Å². The number of thiazole rings is 1. The first-order valence-electron chi connectivity index (χ1n) is 7.40. The number of thioether (sulfide) groups is 1. The Kier molecular flexibility index (Phi) is 3.82. The van der Waals surface area contributed by atoms with Gasteiger partial charge < -0.3 is 10.0 Å². The fourth-order valence-corrected chi connectivity index (χ4v) is 4.89. The summed E-state index contributed by atoms with van der Waals surface area (Å²) >= 11 is 3.16. The van der Waals surface area contributed by atoms with Crippen LogP contribution in [0.25, 0.3) is 0 Å². The summed E-state index contributed by atoms with van der Waals surface area (Å²) < 4.78 is 0. The molecule has 1 fully saturated rings. The van der Waals surface area contributed by atoms with Crippen LogP contribution in [-0.4, -0.2) is 37.9 Å². The second-order valence-corrected chi connectivity index (χ2v) is 7.48. The molecule has 23 heavy (non-hydrogen) atoms. The van der Waals surface area contributed by atoms with Crippen molar-refractivity contribution in [3.63, 3.8) is 0 Å². The summed E-state index contributed by atoms with van der Waals surface area (Å²) in [7, 11) is 0. The predicted octanol–water partition coefficient (Wildman–Crippen LogP) is 2.93. The van der Waals surface area contributed by atoms with Crippen molar-refractivity contribution in [3.05, 3.63) is 46.5 Å². The van der Waals surface area contributed by atoms with Crippen molar-refractivity contribution in [1.82, 2.24) is 9.88 Å². The van der Waals surface area contributed by atoms with Crippen molar-refractivity contribution < 1.29 is 9.90 Å². The van der Waals surface area contributed by atoms with Gasteiger partial charge >= 0.3 is 5.97 Å². The molecule has 0 amide bonds. The van der Waals surface area contributed by atoms with Gasteiger partial charge in [-0.3, -0.25) is 4.79 Å². The number of benzene rings is 1. The Morgan fingerprint density at radius 2 is 2.22 bits per heavy atom. The molecule has 118 valence electrons. The molecule has 0 spiro atoms. The standard InChI is InChI=1S/C16H15N3O2S2/c20-14(21)6-12-8-22-15(17-12)18-16-19-7-11-4-2-1-3-10(11)5-13(19)9-23-16/h1-4,8,13H,5-7,9H2,(H,20,21)/b18-16-/t13-/m0/s1. The molecule has 1 aromatic carbocycles. The molecule has 2 aliphatic rings. The maximum absolute atomic E-state index is 10.7. The van der Waals surface area contributed by atoms with Gasteiger partial charge in [-0.25, -0.2) is 4.98 Å². The third kappa shape index (κ3) is 2.98. The molecule has 0 bridgehead atoms. The largest absolute Gasteiger partial charge is 0.481 e. The Hall–Kier alpha value is -1.86. The number of fused-ring (bicyclic) bond motifs is 2. The second-order valence-electron chi connectivity index (χ2n) is 5.65. The lowest BCUT2D eigenvalue weighted by Gasteiger charge is -2.32. The highest BCUT2D eigenvalue weighted by atomic mass is 32.2. The van der Waals surface area contributed by atoms with Crippen molar-refractivity contribution in [2.24, 2.45) is 4.99 Å². The van der Waals surface area contributed by atoms with Crippen LogP contribution in [0, 0.1) is 0 Å². The molecule has 1 aromatic heterocycles. The number of carboxylic acid groups (broad SMARTS) is 1. The van der Waals surface area contributed by atoms with Crippen molar-refractivity contribution in [2.45, 2.75) is 25.4 Å². The third-order valence-electron chi connectivity index (χ3n) is 4.07. The highest BCUT2D eigenvalue weighted by molar-refractivity contribution is 8.14.